The third kappa shape index (κ3) is 3.41. The third-order valence-electron chi connectivity index (χ3n) is 3.09. The summed E-state index contributed by atoms with van der Waals surface area (Å²) in [6, 6.07) is 10.2. The minimum atomic E-state index is -0.403. The summed E-state index contributed by atoms with van der Waals surface area (Å²) in [5, 5.41) is 0. The van der Waals surface area contributed by atoms with E-state index in [1.54, 1.807) is 6.07 Å². The summed E-state index contributed by atoms with van der Waals surface area (Å²) in [7, 11) is 0. The second kappa shape index (κ2) is 6.28. The average Bonchev–Trinajstić information content (AvgIpc) is 2.44. The van der Waals surface area contributed by atoms with E-state index in [0.717, 1.165) is 11.4 Å². The quantitative estimate of drug-likeness (QED) is 0.782. The largest absolute Gasteiger partial charge is 0.366 e. The van der Waals surface area contributed by atoms with Crippen LogP contribution >= 0.6 is 0 Å². The maximum Gasteiger partial charge on any atom is 0.150 e. The van der Waals surface area contributed by atoms with Gasteiger partial charge < -0.3 is 4.90 Å². The number of aryl methyl sites for hydroxylation is 1. The molecule has 3 nitrogen and oxygen atoms in total. The highest BCUT2D eigenvalue weighted by atomic mass is 19.1. The molecule has 0 aliphatic heterocycles. The van der Waals surface area contributed by atoms with Crippen LogP contribution in [0.25, 0.3) is 0 Å². The zero-order valence-electron chi connectivity index (χ0n) is 11.6. The molecule has 0 saturated carbocycles. The second-order valence-corrected chi connectivity index (χ2v) is 4.65. The van der Waals surface area contributed by atoms with Crippen molar-refractivity contribution in [1.29, 1.82) is 0 Å². The van der Waals surface area contributed by atoms with Crippen molar-refractivity contribution in [3.8, 4) is 0 Å². The number of benzene rings is 1. The van der Waals surface area contributed by atoms with Crippen molar-refractivity contribution in [3.63, 3.8) is 0 Å². The summed E-state index contributed by atoms with van der Waals surface area (Å²) in [5.41, 5.74) is 2.91. The number of aldehydes is 1. The molecule has 0 radical (unpaired) electrons. The van der Waals surface area contributed by atoms with Gasteiger partial charge in [0.05, 0.1) is 12.2 Å². The Morgan fingerprint density at radius 2 is 2.10 bits per heavy atom. The van der Waals surface area contributed by atoms with E-state index in [-0.39, 0.29) is 0 Å². The number of anilines is 1. The van der Waals surface area contributed by atoms with E-state index in [1.165, 1.54) is 12.1 Å². The lowest BCUT2D eigenvalue weighted by atomic mass is 10.2. The normalized spacial score (nSPS) is 10.3. The summed E-state index contributed by atoms with van der Waals surface area (Å²) in [6.07, 6.45) is 0.658. The molecule has 0 saturated heterocycles. The zero-order chi connectivity index (χ0) is 14.5. The Balaban J connectivity index is 2.28. The molecule has 0 spiro atoms. The Hall–Kier alpha value is -2.23. The lowest BCUT2D eigenvalue weighted by Crippen LogP contribution is -2.23. The molecule has 0 unspecified atom stereocenters. The molecule has 1 aromatic heterocycles. The molecule has 0 bridgehead atoms. The molecule has 2 rings (SSSR count). The predicted molar refractivity (Wildman–Crippen MR) is 77.5 cm³/mol. The van der Waals surface area contributed by atoms with Gasteiger partial charge in [-0.1, -0.05) is 6.07 Å². The number of carbonyl (C=O) groups excluding carboxylic acids is 1. The van der Waals surface area contributed by atoms with Crippen molar-refractivity contribution in [2.24, 2.45) is 0 Å². The lowest BCUT2D eigenvalue weighted by Gasteiger charge is -2.23. The van der Waals surface area contributed by atoms with E-state index >= 15 is 0 Å². The van der Waals surface area contributed by atoms with E-state index in [4.69, 9.17) is 0 Å². The fraction of sp³-hybridized carbons (Fsp3) is 0.250. The van der Waals surface area contributed by atoms with Crippen LogP contribution in [0, 0.1) is 12.7 Å². The maximum absolute atomic E-state index is 13.5. The van der Waals surface area contributed by atoms with Crippen LogP contribution in [0.2, 0.25) is 0 Å². The van der Waals surface area contributed by atoms with Gasteiger partial charge >= 0.3 is 0 Å². The fourth-order valence-electron chi connectivity index (χ4n) is 2.12. The first-order valence-corrected chi connectivity index (χ1v) is 6.55. The molecule has 0 aliphatic carbocycles. The van der Waals surface area contributed by atoms with Crippen molar-refractivity contribution in [3.05, 3.63) is 59.2 Å². The molecule has 1 heterocycles. The number of halogens is 1. The van der Waals surface area contributed by atoms with Crippen LogP contribution < -0.4 is 4.90 Å². The number of aromatic nitrogens is 1. The highest BCUT2D eigenvalue weighted by Gasteiger charge is 2.09. The Bertz CT molecular complexity index is 613. The molecular formula is C16H17FN2O. The lowest BCUT2D eigenvalue weighted by molar-refractivity contribution is 0.112. The Morgan fingerprint density at radius 3 is 2.75 bits per heavy atom. The predicted octanol–water partition coefficient (Wildman–Crippen LogP) is 3.37. The van der Waals surface area contributed by atoms with E-state index in [2.05, 4.69) is 4.98 Å². The average molecular weight is 272 g/mol. The van der Waals surface area contributed by atoms with Crippen molar-refractivity contribution in [1.82, 2.24) is 4.98 Å². The first-order valence-electron chi connectivity index (χ1n) is 6.55. The summed E-state index contributed by atoms with van der Waals surface area (Å²) < 4.78 is 13.5. The first-order chi connectivity index (χ1) is 9.62. The van der Waals surface area contributed by atoms with Gasteiger partial charge in [-0.3, -0.25) is 9.78 Å². The van der Waals surface area contributed by atoms with E-state index in [9.17, 15) is 9.18 Å². The van der Waals surface area contributed by atoms with Crippen LogP contribution in [0.1, 0.15) is 28.7 Å². The minimum absolute atomic E-state index is 0.343. The molecule has 0 aliphatic rings. The molecule has 2 aromatic rings. The highest BCUT2D eigenvalue weighted by molar-refractivity contribution is 5.77. The summed E-state index contributed by atoms with van der Waals surface area (Å²) in [4.78, 5) is 17.3. The number of carbonyl (C=O) groups is 1. The van der Waals surface area contributed by atoms with Gasteiger partial charge in [0.2, 0.25) is 0 Å². The molecule has 0 N–H and O–H groups in total. The van der Waals surface area contributed by atoms with E-state index < -0.39 is 5.82 Å². The van der Waals surface area contributed by atoms with Gasteiger partial charge in [-0.2, -0.15) is 0 Å². The maximum atomic E-state index is 13.5. The van der Waals surface area contributed by atoms with Gasteiger partial charge in [-0.05, 0) is 44.2 Å². The zero-order valence-corrected chi connectivity index (χ0v) is 11.6. The van der Waals surface area contributed by atoms with Crippen molar-refractivity contribution in [2.75, 3.05) is 11.4 Å². The highest BCUT2D eigenvalue weighted by Crippen LogP contribution is 2.19. The molecular weight excluding hydrogens is 255 g/mol. The summed E-state index contributed by atoms with van der Waals surface area (Å²) in [5.74, 6) is -0.403. The van der Waals surface area contributed by atoms with E-state index in [1.807, 2.05) is 36.9 Å². The van der Waals surface area contributed by atoms with Crippen LogP contribution in [-0.4, -0.2) is 17.8 Å². The number of pyridine rings is 1. The van der Waals surface area contributed by atoms with Gasteiger partial charge in [0, 0.05) is 23.5 Å². The molecule has 0 atom stereocenters. The third-order valence-corrected chi connectivity index (χ3v) is 3.09. The fourth-order valence-corrected chi connectivity index (χ4v) is 2.12. The van der Waals surface area contributed by atoms with Crippen LogP contribution in [0.4, 0.5) is 10.1 Å². The first kappa shape index (κ1) is 14.2. The summed E-state index contributed by atoms with van der Waals surface area (Å²) >= 11 is 0. The standard InChI is InChI=1S/C16H17FN2O/c1-3-19(10-15-6-4-5-12(2)18-15)16-8-13(11-20)7-14(17)9-16/h4-9,11H,3,10H2,1-2H3. The van der Waals surface area contributed by atoms with E-state index in [0.29, 0.717) is 30.6 Å². The van der Waals surface area contributed by atoms with Crippen LogP contribution in [-0.2, 0) is 6.54 Å². The second-order valence-electron chi connectivity index (χ2n) is 4.65. The Labute approximate surface area is 118 Å². The van der Waals surface area contributed by atoms with Crippen molar-refractivity contribution >= 4 is 12.0 Å². The van der Waals surface area contributed by atoms with Gasteiger partial charge in [0.25, 0.3) is 0 Å². The van der Waals surface area contributed by atoms with Crippen LogP contribution in [0.15, 0.2) is 36.4 Å². The molecule has 20 heavy (non-hydrogen) atoms. The van der Waals surface area contributed by atoms with Crippen molar-refractivity contribution < 1.29 is 9.18 Å². The topological polar surface area (TPSA) is 33.2 Å². The molecule has 104 valence electrons. The minimum Gasteiger partial charge on any atom is -0.366 e. The van der Waals surface area contributed by atoms with Gasteiger partial charge in [0.15, 0.2) is 0 Å². The summed E-state index contributed by atoms with van der Waals surface area (Å²) in [6.45, 7) is 5.21. The molecule has 4 heteroatoms. The number of nitrogens with zero attached hydrogens (tertiary/aromatic N) is 2. The smallest absolute Gasteiger partial charge is 0.150 e. The number of rotatable bonds is 5. The SMILES string of the molecule is CCN(Cc1cccc(C)n1)c1cc(F)cc(C=O)c1. The molecule has 0 amide bonds. The molecule has 1 aromatic carbocycles. The Morgan fingerprint density at radius 1 is 1.30 bits per heavy atom. The number of hydrogen-bond donors (Lipinski definition) is 0. The van der Waals surface area contributed by atoms with Crippen LogP contribution in [0.5, 0.6) is 0 Å². The van der Waals surface area contributed by atoms with Gasteiger partial charge in [0.1, 0.15) is 12.1 Å². The Kier molecular flexibility index (Phi) is 4.45. The monoisotopic (exact) mass is 272 g/mol. The van der Waals surface area contributed by atoms with Crippen molar-refractivity contribution in [2.45, 2.75) is 20.4 Å². The van der Waals surface area contributed by atoms with Gasteiger partial charge in [-0.25, -0.2) is 4.39 Å². The molecule has 0 fully saturated rings. The van der Waals surface area contributed by atoms with Crippen LogP contribution in [0.3, 0.4) is 0 Å². The number of hydrogen-bond acceptors (Lipinski definition) is 3. The van der Waals surface area contributed by atoms with Gasteiger partial charge in [-0.15, -0.1) is 0 Å².